The highest BCUT2D eigenvalue weighted by atomic mass is 16.5. The molecule has 0 aliphatic carbocycles. The summed E-state index contributed by atoms with van der Waals surface area (Å²) in [5, 5.41) is 3.44. The lowest BCUT2D eigenvalue weighted by molar-refractivity contribution is 0.414. The van der Waals surface area contributed by atoms with E-state index in [0.717, 1.165) is 12.2 Å². The molecule has 2 heteroatoms. The molecule has 3 rings (SSSR count). The highest BCUT2D eigenvalue weighted by molar-refractivity contribution is 5.72. The van der Waals surface area contributed by atoms with Crippen molar-refractivity contribution in [3.05, 3.63) is 53.6 Å². The van der Waals surface area contributed by atoms with Crippen LogP contribution in [0.3, 0.4) is 0 Å². The van der Waals surface area contributed by atoms with E-state index in [1.807, 2.05) is 6.07 Å². The predicted molar refractivity (Wildman–Crippen MR) is 65.5 cm³/mol. The Hall–Kier alpha value is -1.96. The van der Waals surface area contributed by atoms with Gasteiger partial charge in [-0.3, -0.25) is 0 Å². The topological polar surface area (TPSA) is 21.3 Å². The third-order valence-corrected chi connectivity index (χ3v) is 2.98. The van der Waals surface area contributed by atoms with Crippen LogP contribution in [-0.4, -0.2) is 7.11 Å². The lowest BCUT2D eigenvalue weighted by Gasteiger charge is -2.21. The Morgan fingerprint density at radius 1 is 1.00 bits per heavy atom. The van der Waals surface area contributed by atoms with Crippen LogP contribution in [0, 0.1) is 0 Å². The van der Waals surface area contributed by atoms with Gasteiger partial charge in [0.05, 0.1) is 7.11 Å². The molecule has 2 aromatic rings. The molecule has 0 spiro atoms. The fraction of sp³-hybridized carbons (Fsp3) is 0.143. The SMILES string of the molecule is COc1ccc2c(c1)Cc1ccccc1N2. The zero-order valence-electron chi connectivity index (χ0n) is 9.16. The highest BCUT2D eigenvalue weighted by Crippen LogP contribution is 2.34. The lowest BCUT2D eigenvalue weighted by atomic mass is 9.97. The molecule has 0 aromatic heterocycles. The van der Waals surface area contributed by atoms with E-state index in [1.54, 1.807) is 7.11 Å². The first-order chi connectivity index (χ1) is 7.86. The van der Waals surface area contributed by atoms with Gasteiger partial charge in [-0.1, -0.05) is 18.2 Å². The average molecular weight is 211 g/mol. The Bertz CT molecular complexity index is 534. The van der Waals surface area contributed by atoms with E-state index in [0.29, 0.717) is 0 Å². The van der Waals surface area contributed by atoms with Crippen molar-refractivity contribution in [1.82, 2.24) is 0 Å². The standard InChI is InChI=1S/C14H13NO/c1-16-12-6-7-14-11(9-12)8-10-4-2-3-5-13(10)15-14/h2-7,9,15H,8H2,1H3. The van der Waals surface area contributed by atoms with Crippen molar-refractivity contribution in [2.45, 2.75) is 6.42 Å². The zero-order chi connectivity index (χ0) is 11.0. The van der Waals surface area contributed by atoms with Crippen LogP contribution in [0.1, 0.15) is 11.1 Å². The van der Waals surface area contributed by atoms with Crippen molar-refractivity contribution in [3.8, 4) is 5.75 Å². The first kappa shape index (κ1) is 9.28. The predicted octanol–water partition coefficient (Wildman–Crippen LogP) is 3.34. The maximum absolute atomic E-state index is 5.24. The molecule has 1 heterocycles. The number of para-hydroxylation sites is 1. The Labute approximate surface area is 94.9 Å². The number of ether oxygens (including phenoxy) is 1. The maximum atomic E-state index is 5.24. The van der Waals surface area contributed by atoms with E-state index in [-0.39, 0.29) is 0 Å². The molecule has 0 unspecified atom stereocenters. The van der Waals surface area contributed by atoms with E-state index in [1.165, 1.54) is 22.5 Å². The largest absolute Gasteiger partial charge is 0.497 e. The second-order valence-corrected chi connectivity index (χ2v) is 3.98. The maximum Gasteiger partial charge on any atom is 0.119 e. The van der Waals surface area contributed by atoms with Crippen molar-refractivity contribution in [2.75, 3.05) is 12.4 Å². The fourth-order valence-electron chi connectivity index (χ4n) is 2.11. The summed E-state index contributed by atoms with van der Waals surface area (Å²) in [4.78, 5) is 0. The van der Waals surface area contributed by atoms with Gasteiger partial charge in [-0.05, 0) is 35.4 Å². The molecule has 80 valence electrons. The average Bonchev–Trinajstić information content (AvgIpc) is 2.35. The second kappa shape index (κ2) is 3.56. The Balaban J connectivity index is 2.05. The summed E-state index contributed by atoms with van der Waals surface area (Å²) in [7, 11) is 1.70. The molecule has 0 radical (unpaired) electrons. The van der Waals surface area contributed by atoms with Crippen LogP contribution in [0.25, 0.3) is 0 Å². The van der Waals surface area contributed by atoms with Crippen LogP contribution < -0.4 is 10.1 Å². The Morgan fingerprint density at radius 3 is 2.69 bits per heavy atom. The van der Waals surface area contributed by atoms with Gasteiger partial charge in [0.1, 0.15) is 5.75 Å². The van der Waals surface area contributed by atoms with Crippen LogP contribution in [-0.2, 0) is 6.42 Å². The quantitative estimate of drug-likeness (QED) is 0.666. The molecule has 0 saturated carbocycles. The molecule has 0 amide bonds. The molecule has 0 bridgehead atoms. The molecular formula is C14H13NO. The number of anilines is 2. The molecular weight excluding hydrogens is 198 g/mol. The first-order valence-electron chi connectivity index (χ1n) is 5.38. The van der Waals surface area contributed by atoms with Gasteiger partial charge in [-0.2, -0.15) is 0 Å². The molecule has 1 aliphatic heterocycles. The zero-order valence-corrected chi connectivity index (χ0v) is 9.16. The molecule has 1 N–H and O–H groups in total. The van der Waals surface area contributed by atoms with Crippen LogP contribution >= 0.6 is 0 Å². The molecule has 0 atom stereocenters. The van der Waals surface area contributed by atoms with E-state index in [2.05, 4.69) is 41.7 Å². The van der Waals surface area contributed by atoms with Gasteiger partial charge in [0, 0.05) is 17.8 Å². The van der Waals surface area contributed by atoms with Crippen molar-refractivity contribution in [1.29, 1.82) is 0 Å². The normalized spacial score (nSPS) is 12.3. The molecule has 0 saturated heterocycles. The van der Waals surface area contributed by atoms with Crippen molar-refractivity contribution in [3.63, 3.8) is 0 Å². The van der Waals surface area contributed by atoms with Gasteiger partial charge >= 0.3 is 0 Å². The molecule has 0 fully saturated rings. The molecule has 2 nitrogen and oxygen atoms in total. The molecule has 1 aliphatic rings. The summed E-state index contributed by atoms with van der Waals surface area (Å²) in [6, 6.07) is 14.6. The lowest BCUT2D eigenvalue weighted by Crippen LogP contribution is -2.06. The third kappa shape index (κ3) is 1.43. The number of benzene rings is 2. The van der Waals surface area contributed by atoms with Crippen LogP contribution in [0.2, 0.25) is 0 Å². The third-order valence-electron chi connectivity index (χ3n) is 2.98. The minimum atomic E-state index is 0.917. The monoisotopic (exact) mass is 211 g/mol. The fourth-order valence-corrected chi connectivity index (χ4v) is 2.11. The summed E-state index contributed by atoms with van der Waals surface area (Å²) >= 11 is 0. The Kier molecular flexibility index (Phi) is 2.07. The summed E-state index contributed by atoms with van der Waals surface area (Å²) < 4.78 is 5.24. The van der Waals surface area contributed by atoms with E-state index in [9.17, 15) is 0 Å². The summed E-state index contributed by atoms with van der Waals surface area (Å²) in [5.74, 6) is 0.917. The number of hydrogen-bond donors (Lipinski definition) is 1. The van der Waals surface area contributed by atoms with E-state index in [4.69, 9.17) is 4.74 Å². The van der Waals surface area contributed by atoms with Gasteiger partial charge in [-0.25, -0.2) is 0 Å². The van der Waals surface area contributed by atoms with Crippen LogP contribution in [0.15, 0.2) is 42.5 Å². The minimum Gasteiger partial charge on any atom is -0.497 e. The van der Waals surface area contributed by atoms with Gasteiger partial charge in [0.2, 0.25) is 0 Å². The van der Waals surface area contributed by atoms with Gasteiger partial charge < -0.3 is 10.1 Å². The smallest absolute Gasteiger partial charge is 0.119 e. The Morgan fingerprint density at radius 2 is 1.81 bits per heavy atom. The number of fused-ring (bicyclic) bond motifs is 2. The summed E-state index contributed by atoms with van der Waals surface area (Å²) in [6.07, 6.45) is 0.968. The van der Waals surface area contributed by atoms with Gasteiger partial charge in [-0.15, -0.1) is 0 Å². The van der Waals surface area contributed by atoms with E-state index >= 15 is 0 Å². The van der Waals surface area contributed by atoms with E-state index < -0.39 is 0 Å². The van der Waals surface area contributed by atoms with Crippen molar-refractivity contribution < 1.29 is 4.74 Å². The summed E-state index contributed by atoms with van der Waals surface area (Å²) in [5.41, 5.74) is 5.01. The number of methoxy groups -OCH3 is 1. The van der Waals surface area contributed by atoms with Crippen molar-refractivity contribution >= 4 is 11.4 Å². The number of hydrogen-bond acceptors (Lipinski definition) is 2. The number of nitrogens with one attached hydrogen (secondary N) is 1. The number of rotatable bonds is 1. The van der Waals surface area contributed by atoms with Crippen LogP contribution in [0.5, 0.6) is 5.75 Å². The van der Waals surface area contributed by atoms with Gasteiger partial charge in [0.25, 0.3) is 0 Å². The second-order valence-electron chi connectivity index (χ2n) is 3.98. The molecule has 16 heavy (non-hydrogen) atoms. The molecule has 2 aromatic carbocycles. The first-order valence-corrected chi connectivity index (χ1v) is 5.38. The summed E-state index contributed by atoms with van der Waals surface area (Å²) in [6.45, 7) is 0. The highest BCUT2D eigenvalue weighted by Gasteiger charge is 2.14. The van der Waals surface area contributed by atoms with Gasteiger partial charge in [0.15, 0.2) is 0 Å². The minimum absolute atomic E-state index is 0.917. The van der Waals surface area contributed by atoms with Crippen LogP contribution in [0.4, 0.5) is 11.4 Å². The van der Waals surface area contributed by atoms with Crippen molar-refractivity contribution in [2.24, 2.45) is 0 Å².